The summed E-state index contributed by atoms with van der Waals surface area (Å²) in [6.45, 7) is 9.20. The van der Waals surface area contributed by atoms with Gasteiger partial charge in [0.1, 0.15) is 0 Å². The molecule has 1 N–H and O–H groups in total. The Balaban J connectivity index is 1.64. The van der Waals surface area contributed by atoms with Gasteiger partial charge in [0, 0.05) is 31.9 Å². The summed E-state index contributed by atoms with van der Waals surface area (Å²) in [5, 5.41) is 10.2. The van der Waals surface area contributed by atoms with Gasteiger partial charge >= 0.3 is 0 Å². The molecule has 0 saturated carbocycles. The smallest absolute Gasteiger partial charge is 0.216 e. The highest BCUT2D eigenvalue weighted by molar-refractivity contribution is 5.68. The van der Waals surface area contributed by atoms with Crippen molar-refractivity contribution in [2.24, 2.45) is 0 Å². The van der Waals surface area contributed by atoms with Gasteiger partial charge in [-0.05, 0) is 44.0 Å². The van der Waals surface area contributed by atoms with Crippen molar-refractivity contribution in [3.8, 4) is 11.1 Å². The van der Waals surface area contributed by atoms with Crippen LogP contribution in [0.1, 0.15) is 20.8 Å². The van der Waals surface area contributed by atoms with Gasteiger partial charge in [-0.15, -0.1) is 0 Å². The molecule has 1 atom stereocenters. The van der Waals surface area contributed by atoms with Gasteiger partial charge in [-0.3, -0.25) is 4.90 Å². The molecule has 2 aromatic carbocycles. The van der Waals surface area contributed by atoms with E-state index in [1.165, 1.54) is 16.8 Å². The van der Waals surface area contributed by atoms with Crippen molar-refractivity contribution < 1.29 is 9.84 Å². The predicted molar refractivity (Wildman–Crippen MR) is 103 cm³/mol. The molecule has 0 amide bonds. The van der Waals surface area contributed by atoms with E-state index in [2.05, 4.69) is 53.4 Å². The van der Waals surface area contributed by atoms with Crippen LogP contribution in [0.2, 0.25) is 0 Å². The molecule has 0 radical (unpaired) electrons. The minimum absolute atomic E-state index is 0.347. The fourth-order valence-electron chi connectivity index (χ4n) is 3.10. The summed E-state index contributed by atoms with van der Waals surface area (Å²) < 4.78 is 5.66. The number of aliphatic hydroxyl groups excluding tert-OH is 1. The summed E-state index contributed by atoms with van der Waals surface area (Å²) in [6, 6.07) is 19.1. The Bertz CT molecular complexity index is 674. The van der Waals surface area contributed by atoms with E-state index in [0.29, 0.717) is 0 Å². The standard InChI is InChI=1S/C21H28N2O2/c1-21(2,3)25-20(24)23-14-12-22(13-15-23)19-11-7-10-18(16-19)17-8-5-4-6-9-17/h4-11,16,20,24H,12-15H2,1-3H3. The van der Waals surface area contributed by atoms with Crippen LogP contribution in [0.5, 0.6) is 0 Å². The van der Waals surface area contributed by atoms with E-state index >= 15 is 0 Å². The van der Waals surface area contributed by atoms with Gasteiger partial charge in [0.05, 0.1) is 5.60 Å². The Kier molecular flexibility index (Phi) is 5.42. The zero-order valence-corrected chi connectivity index (χ0v) is 15.4. The Morgan fingerprint density at radius 1 is 0.880 bits per heavy atom. The molecule has 1 aliphatic heterocycles. The van der Waals surface area contributed by atoms with Crippen LogP contribution in [-0.4, -0.2) is 48.2 Å². The van der Waals surface area contributed by atoms with Gasteiger partial charge in [-0.2, -0.15) is 0 Å². The number of nitrogens with zero attached hydrogens (tertiary/aromatic N) is 2. The van der Waals surface area contributed by atoms with Gasteiger partial charge in [-0.1, -0.05) is 42.5 Å². The molecule has 0 bridgehead atoms. The van der Waals surface area contributed by atoms with Crippen LogP contribution < -0.4 is 4.90 Å². The van der Waals surface area contributed by atoms with Crippen molar-refractivity contribution in [1.29, 1.82) is 0 Å². The van der Waals surface area contributed by atoms with Gasteiger partial charge in [0.2, 0.25) is 6.41 Å². The van der Waals surface area contributed by atoms with E-state index in [4.69, 9.17) is 4.74 Å². The zero-order chi connectivity index (χ0) is 17.9. The van der Waals surface area contributed by atoms with Crippen molar-refractivity contribution in [3.05, 3.63) is 54.6 Å². The molecule has 4 nitrogen and oxygen atoms in total. The first-order chi connectivity index (χ1) is 11.9. The molecule has 2 aromatic rings. The van der Waals surface area contributed by atoms with Crippen molar-refractivity contribution >= 4 is 5.69 Å². The van der Waals surface area contributed by atoms with Crippen molar-refractivity contribution in [2.75, 3.05) is 31.1 Å². The minimum atomic E-state index is -0.835. The van der Waals surface area contributed by atoms with E-state index in [1.54, 1.807) is 0 Å². The monoisotopic (exact) mass is 340 g/mol. The molecule has 4 heteroatoms. The second-order valence-corrected chi connectivity index (χ2v) is 7.50. The fourth-order valence-corrected chi connectivity index (χ4v) is 3.10. The van der Waals surface area contributed by atoms with Gasteiger partial charge in [0.25, 0.3) is 0 Å². The molecule has 3 rings (SSSR count). The molecular weight excluding hydrogens is 312 g/mol. The number of rotatable bonds is 4. The number of hydrogen-bond donors (Lipinski definition) is 1. The molecule has 134 valence electrons. The first kappa shape index (κ1) is 17.9. The van der Waals surface area contributed by atoms with E-state index in [0.717, 1.165) is 26.2 Å². The summed E-state index contributed by atoms with van der Waals surface area (Å²) in [6.07, 6.45) is -0.835. The second kappa shape index (κ2) is 7.56. The number of aliphatic hydroxyl groups is 1. The van der Waals surface area contributed by atoms with Crippen LogP contribution in [0.15, 0.2) is 54.6 Å². The topological polar surface area (TPSA) is 35.9 Å². The van der Waals surface area contributed by atoms with Crippen molar-refractivity contribution in [2.45, 2.75) is 32.8 Å². The number of hydrogen-bond acceptors (Lipinski definition) is 4. The van der Waals surface area contributed by atoms with E-state index < -0.39 is 6.41 Å². The van der Waals surface area contributed by atoms with Crippen LogP contribution in [-0.2, 0) is 4.74 Å². The third-order valence-corrected chi connectivity index (χ3v) is 4.40. The molecule has 25 heavy (non-hydrogen) atoms. The summed E-state index contributed by atoms with van der Waals surface area (Å²) >= 11 is 0. The molecule has 0 aromatic heterocycles. The lowest BCUT2D eigenvalue weighted by Crippen LogP contribution is -2.52. The maximum Gasteiger partial charge on any atom is 0.216 e. The maximum absolute atomic E-state index is 10.2. The first-order valence-electron chi connectivity index (χ1n) is 8.93. The summed E-state index contributed by atoms with van der Waals surface area (Å²) in [5.74, 6) is 0. The fraction of sp³-hybridized carbons (Fsp3) is 0.429. The molecule has 0 aliphatic carbocycles. The first-order valence-corrected chi connectivity index (χ1v) is 8.93. The molecular formula is C21H28N2O2. The molecule has 1 unspecified atom stereocenters. The van der Waals surface area contributed by atoms with Gasteiger partial charge in [-0.25, -0.2) is 0 Å². The molecule has 1 saturated heterocycles. The van der Waals surface area contributed by atoms with Gasteiger partial charge < -0.3 is 14.7 Å². The van der Waals surface area contributed by atoms with E-state index in [9.17, 15) is 5.11 Å². The lowest BCUT2D eigenvalue weighted by atomic mass is 10.0. The second-order valence-electron chi connectivity index (χ2n) is 7.50. The predicted octanol–water partition coefficient (Wildman–Crippen LogP) is 3.57. The zero-order valence-electron chi connectivity index (χ0n) is 15.4. The Hall–Kier alpha value is -1.88. The quantitative estimate of drug-likeness (QED) is 0.863. The third kappa shape index (κ3) is 4.82. The molecule has 1 heterocycles. The lowest BCUT2D eigenvalue weighted by Gasteiger charge is -2.39. The highest BCUT2D eigenvalue weighted by Gasteiger charge is 2.26. The summed E-state index contributed by atoms with van der Waals surface area (Å²) in [4.78, 5) is 4.36. The number of anilines is 1. The van der Waals surface area contributed by atoms with Crippen LogP contribution in [0, 0.1) is 0 Å². The summed E-state index contributed by atoms with van der Waals surface area (Å²) in [7, 11) is 0. The SMILES string of the molecule is CC(C)(C)OC(O)N1CCN(c2cccc(-c3ccccc3)c2)CC1. The minimum Gasteiger partial charge on any atom is -0.369 e. The van der Waals surface area contributed by atoms with Crippen molar-refractivity contribution in [1.82, 2.24) is 4.90 Å². The highest BCUT2D eigenvalue weighted by Crippen LogP contribution is 2.25. The van der Waals surface area contributed by atoms with Crippen molar-refractivity contribution in [3.63, 3.8) is 0 Å². The van der Waals surface area contributed by atoms with E-state index in [1.807, 2.05) is 31.7 Å². The Labute approximate surface area is 150 Å². The van der Waals surface area contributed by atoms with Crippen LogP contribution in [0.4, 0.5) is 5.69 Å². The maximum atomic E-state index is 10.2. The number of piperazine rings is 1. The average Bonchev–Trinajstić information content (AvgIpc) is 2.61. The van der Waals surface area contributed by atoms with Crippen LogP contribution in [0.25, 0.3) is 11.1 Å². The molecule has 1 aliphatic rings. The molecule has 0 spiro atoms. The lowest BCUT2D eigenvalue weighted by molar-refractivity contribution is -0.239. The van der Waals surface area contributed by atoms with Gasteiger partial charge in [0.15, 0.2) is 0 Å². The number of ether oxygens (including phenoxy) is 1. The Morgan fingerprint density at radius 3 is 2.16 bits per heavy atom. The van der Waals surface area contributed by atoms with E-state index in [-0.39, 0.29) is 5.60 Å². The normalized spacial score (nSPS) is 17.5. The highest BCUT2D eigenvalue weighted by atomic mass is 16.6. The largest absolute Gasteiger partial charge is 0.369 e. The van der Waals surface area contributed by atoms with Crippen LogP contribution >= 0.6 is 0 Å². The third-order valence-electron chi connectivity index (χ3n) is 4.40. The summed E-state index contributed by atoms with van der Waals surface area (Å²) in [5.41, 5.74) is 3.35. The number of benzene rings is 2. The average molecular weight is 340 g/mol. The molecule has 1 fully saturated rings. The Morgan fingerprint density at radius 2 is 1.52 bits per heavy atom. The van der Waals surface area contributed by atoms with Crippen LogP contribution in [0.3, 0.4) is 0 Å².